The molecule has 2 aromatic rings. The molecule has 6 heteroatoms. The van der Waals surface area contributed by atoms with Crippen LogP contribution in [0.3, 0.4) is 0 Å². The number of anilines is 3. The molecule has 0 spiro atoms. The van der Waals surface area contributed by atoms with Gasteiger partial charge in [0.25, 0.3) is 0 Å². The number of nitrogens with zero attached hydrogens (tertiary/aromatic N) is 2. The summed E-state index contributed by atoms with van der Waals surface area (Å²) >= 11 is 5.73. The maximum absolute atomic E-state index is 13.1. The number of halogens is 2. The average Bonchev–Trinajstić information content (AvgIpc) is 2.44. The van der Waals surface area contributed by atoms with Gasteiger partial charge < -0.3 is 10.6 Å². The Hall–Kier alpha value is -1.88. The summed E-state index contributed by atoms with van der Waals surface area (Å²) in [5, 5.41) is 6.27. The van der Waals surface area contributed by atoms with Crippen LogP contribution in [0.25, 0.3) is 0 Å². The number of hydrogen-bond acceptors (Lipinski definition) is 4. The molecule has 106 valence electrons. The smallest absolute Gasteiger partial charge is 0.229 e. The predicted octanol–water partition coefficient (Wildman–Crippen LogP) is 4.22. The van der Waals surface area contributed by atoms with Crippen molar-refractivity contribution in [3.8, 4) is 0 Å². The van der Waals surface area contributed by atoms with E-state index in [1.807, 2.05) is 0 Å². The first-order valence-corrected chi connectivity index (χ1v) is 6.86. The Bertz CT molecular complexity index is 577. The summed E-state index contributed by atoms with van der Waals surface area (Å²) in [6.45, 7) is 3.00. The van der Waals surface area contributed by atoms with Gasteiger partial charge in [0.2, 0.25) is 5.95 Å². The Morgan fingerprint density at radius 3 is 2.90 bits per heavy atom. The highest BCUT2D eigenvalue weighted by Crippen LogP contribution is 2.21. The summed E-state index contributed by atoms with van der Waals surface area (Å²) in [5.41, 5.74) is 0.641. The van der Waals surface area contributed by atoms with Crippen LogP contribution in [0.2, 0.25) is 5.02 Å². The Morgan fingerprint density at radius 2 is 2.15 bits per heavy atom. The molecule has 0 amide bonds. The summed E-state index contributed by atoms with van der Waals surface area (Å²) in [5.74, 6) is 0.742. The van der Waals surface area contributed by atoms with E-state index in [1.165, 1.54) is 12.1 Å². The monoisotopic (exact) mass is 294 g/mol. The molecule has 0 aliphatic rings. The van der Waals surface area contributed by atoms with E-state index in [-0.39, 0.29) is 5.02 Å². The average molecular weight is 295 g/mol. The van der Waals surface area contributed by atoms with Crippen molar-refractivity contribution in [2.24, 2.45) is 0 Å². The quantitative estimate of drug-likeness (QED) is 0.783. The van der Waals surface area contributed by atoms with Crippen molar-refractivity contribution in [2.75, 3.05) is 17.2 Å². The van der Waals surface area contributed by atoms with Crippen molar-refractivity contribution in [1.29, 1.82) is 0 Å². The van der Waals surface area contributed by atoms with Crippen LogP contribution in [0.5, 0.6) is 0 Å². The van der Waals surface area contributed by atoms with Crippen LogP contribution in [0.1, 0.15) is 19.8 Å². The Morgan fingerprint density at radius 1 is 1.30 bits per heavy atom. The normalized spacial score (nSPS) is 10.3. The van der Waals surface area contributed by atoms with E-state index >= 15 is 0 Å². The molecule has 4 nitrogen and oxygen atoms in total. The van der Waals surface area contributed by atoms with E-state index < -0.39 is 5.82 Å². The van der Waals surface area contributed by atoms with E-state index in [0.717, 1.165) is 25.2 Å². The summed E-state index contributed by atoms with van der Waals surface area (Å²) in [7, 11) is 0. The Kier molecular flexibility index (Phi) is 5.12. The fraction of sp³-hybridized carbons (Fsp3) is 0.286. The third-order valence-electron chi connectivity index (χ3n) is 2.67. The second kappa shape index (κ2) is 7.05. The van der Waals surface area contributed by atoms with Crippen molar-refractivity contribution < 1.29 is 4.39 Å². The van der Waals surface area contributed by atoms with Gasteiger partial charge in [0.15, 0.2) is 0 Å². The van der Waals surface area contributed by atoms with Gasteiger partial charge in [0.05, 0.1) is 5.02 Å². The van der Waals surface area contributed by atoms with Gasteiger partial charge >= 0.3 is 0 Å². The lowest BCUT2D eigenvalue weighted by molar-refractivity contribution is 0.628. The summed E-state index contributed by atoms with van der Waals surface area (Å²) < 4.78 is 13.1. The molecule has 0 aliphatic carbocycles. The van der Waals surface area contributed by atoms with Crippen molar-refractivity contribution in [2.45, 2.75) is 19.8 Å². The van der Waals surface area contributed by atoms with Crippen molar-refractivity contribution in [1.82, 2.24) is 9.97 Å². The highest BCUT2D eigenvalue weighted by Gasteiger charge is 2.03. The second-order valence-electron chi connectivity index (χ2n) is 4.30. The molecular formula is C14H16ClFN4. The van der Waals surface area contributed by atoms with Crippen LogP contribution in [-0.4, -0.2) is 16.5 Å². The summed E-state index contributed by atoms with van der Waals surface area (Å²) in [6.07, 6.45) is 3.87. The molecular weight excluding hydrogens is 279 g/mol. The minimum absolute atomic E-state index is 0.0622. The fourth-order valence-electron chi connectivity index (χ4n) is 1.61. The minimum atomic E-state index is -0.451. The third kappa shape index (κ3) is 4.06. The highest BCUT2D eigenvalue weighted by atomic mass is 35.5. The first-order valence-electron chi connectivity index (χ1n) is 6.48. The van der Waals surface area contributed by atoms with E-state index in [4.69, 9.17) is 11.6 Å². The summed E-state index contributed by atoms with van der Waals surface area (Å²) in [6, 6.07) is 6.19. The van der Waals surface area contributed by atoms with Crippen LogP contribution >= 0.6 is 11.6 Å². The lowest BCUT2D eigenvalue weighted by Crippen LogP contribution is -2.05. The lowest BCUT2D eigenvalue weighted by Gasteiger charge is -2.08. The zero-order valence-corrected chi connectivity index (χ0v) is 11.9. The molecule has 2 rings (SSSR count). The number of aromatic nitrogens is 2. The molecule has 0 aliphatic heterocycles. The molecule has 2 N–H and O–H groups in total. The number of unbranched alkanes of at least 4 members (excludes halogenated alkanes) is 1. The molecule has 1 aromatic heterocycles. The topological polar surface area (TPSA) is 49.8 Å². The zero-order chi connectivity index (χ0) is 14.4. The fourth-order valence-corrected chi connectivity index (χ4v) is 1.79. The van der Waals surface area contributed by atoms with Gasteiger partial charge in [-0.15, -0.1) is 0 Å². The zero-order valence-electron chi connectivity index (χ0n) is 11.2. The van der Waals surface area contributed by atoms with Crippen LogP contribution in [-0.2, 0) is 0 Å². The summed E-state index contributed by atoms with van der Waals surface area (Å²) in [4.78, 5) is 8.44. The molecule has 0 atom stereocenters. The van der Waals surface area contributed by atoms with Crippen LogP contribution in [0, 0.1) is 5.82 Å². The van der Waals surface area contributed by atoms with Gasteiger partial charge in [-0.3, -0.25) is 0 Å². The first-order chi connectivity index (χ1) is 9.69. The van der Waals surface area contributed by atoms with Gasteiger partial charge in [-0.1, -0.05) is 24.9 Å². The van der Waals surface area contributed by atoms with Gasteiger partial charge in [-0.05, 0) is 30.7 Å². The van der Waals surface area contributed by atoms with Crippen molar-refractivity contribution >= 4 is 29.1 Å². The molecule has 0 saturated heterocycles. The third-order valence-corrected chi connectivity index (χ3v) is 2.96. The van der Waals surface area contributed by atoms with Crippen molar-refractivity contribution in [3.05, 3.63) is 41.3 Å². The van der Waals surface area contributed by atoms with Gasteiger partial charge in [-0.2, -0.15) is 4.98 Å². The van der Waals surface area contributed by atoms with Crippen molar-refractivity contribution in [3.63, 3.8) is 0 Å². The standard InChI is InChI=1S/C14H16ClFN4/c1-2-3-7-17-13-6-8-18-14(20-13)19-10-4-5-12(16)11(15)9-10/h4-6,8-9H,2-3,7H2,1H3,(H2,17,18,19,20). The van der Waals surface area contributed by atoms with Gasteiger partial charge in [-0.25, -0.2) is 9.37 Å². The maximum Gasteiger partial charge on any atom is 0.229 e. The SMILES string of the molecule is CCCCNc1ccnc(Nc2ccc(F)c(Cl)c2)n1. The van der Waals surface area contributed by atoms with Crippen LogP contribution in [0.4, 0.5) is 21.8 Å². The largest absolute Gasteiger partial charge is 0.370 e. The van der Waals surface area contributed by atoms with Gasteiger partial charge in [0, 0.05) is 18.4 Å². The number of nitrogens with one attached hydrogen (secondary N) is 2. The predicted molar refractivity (Wildman–Crippen MR) is 80.1 cm³/mol. The van der Waals surface area contributed by atoms with Crippen LogP contribution < -0.4 is 10.6 Å². The van der Waals surface area contributed by atoms with E-state index in [2.05, 4.69) is 27.5 Å². The number of rotatable bonds is 6. The molecule has 0 saturated carbocycles. The second-order valence-corrected chi connectivity index (χ2v) is 4.71. The minimum Gasteiger partial charge on any atom is -0.370 e. The Balaban J connectivity index is 2.05. The number of benzene rings is 1. The molecule has 1 aromatic carbocycles. The molecule has 0 unspecified atom stereocenters. The van der Waals surface area contributed by atoms with E-state index in [0.29, 0.717) is 11.6 Å². The lowest BCUT2D eigenvalue weighted by atomic mass is 10.3. The Labute approximate surface area is 122 Å². The first kappa shape index (κ1) is 14.5. The molecule has 20 heavy (non-hydrogen) atoms. The van der Waals surface area contributed by atoms with Crippen LogP contribution in [0.15, 0.2) is 30.5 Å². The highest BCUT2D eigenvalue weighted by molar-refractivity contribution is 6.31. The molecule has 0 bridgehead atoms. The van der Waals surface area contributed by atoms with E-state index in [9.17, 15) is 4.39 Å². The molecule has 0 fully saturated rings. The van der Waals surface area contributed by atoms with E-state index in [1.54, 1.807) is 18.3 Å². The molecule has 0 radical (unpaired) electrons. The maximum atomic E-state index is 13.1. The van der Waals surface area contributed by atoms with Gasteiger partial charge in [0.1, 0.15) is 11.6 Å². The number of hydrogen-bond donors (Lipinski definition) is 2. The molecule has 1 heterocycles.